The topological polar surface area (TPSA) is 67.2 Å². The summed E-state index contributed by atoms with van der Waals surface area (Å²) < 4.78 is 2.21. The maximum absolute atomic E-state index is 12.6. The van der Waals surface area contributed by atoms with Gasteiger partial charge in [0.2, 0.25) is 11.9 Å². The molecular formula is C21H30N4O2. The summed E-state index contributed by atoms with van der Waals surface area (Å²) in [4.78, 5) is 31.7. The Morgan fingerprint density at radius 1 is 1.26 bits per heavy atom. The lowest BCUT2D eigenvalue weighted by atomic mass is 9.90. The smallest absolute Gasteiger partial charge is 0.225 e. The number of carbonyl (C=O) groups is 2. The first-order valence-corrected chi connectivity index (χ1v) is 9.82. The number of piperidine rings is 1. The average Bonchev–Trinajstić information content (AvgIpc) is 3.03. The van der Waals surface area contributed by atoms with Gasteiger partial charge in [0.05, 0.1) is 23.5 Å². The second kappa shape index (κ2) is 7.71. The zero-order valence-electron chi connectivity index (χ0n) is 16.8. The van der Waals surface area contributed by atoms with E-state index in [0.717, 1.165) is 42.9 Å². The molecule has 1 aromatic carbocycles. The number of rotatable bonds is 5. The van der Waals surface area contributed by atoms with Gasteiger partial charge in [-0.15, -0.1) is 0 Å². The molecule has 1 aliphatic heterocycles. The number of imidazole rings is 1. The van der Waals surface area contributed by atoms with Gasteiger partial charge in [0.1, 0.15) is 0 Å². The molecule has 0 aliphatic carbocycles. The number of para-hydroxylation sites is 2. The lowest BCUT2D eigenvalue weighted by molar-refractivity contribution is -0.130. The van der Waals surface area contributed by atoms with E-state index in [9.17, 15) is 9.59 Å². The van der Waals surface area contributed by atoms with Crippen LogP contribution in [0.2, 0.25) is 0 Å². The van der Waals surface area contributed by atoms with Gasteiger partial charge in [-0.25, -0.2) is 4.98 Å². The van der Waals surface area contributed by atoms with Crippen LogP contribution in [0.1, 0.15) is 40.5 Å². The number of fused-ring (bicyclic) bond motifs is 1. The Morgan fingerprint density at radius 2 is 2.00 bits per heavy atom. The van der Waals surface area contributed by atoms with Crippen molar-refractivity contribution in [3.05, 3.63) is 24.3 Å². The van der Waals surface area contributed by atoms with Crippen LogP contribution >= 0.6 is 0 Å². The Hall–Kier alpha value is -2.37. The monoisotopic (exact) mass is 370 g/mol. The SMILES string of the molecule is CCn1c(N2CCCC(C(=O)NCC(=O)C(C)(C)C)C2)nc2ccccc21. The molecule has 0 bridgehead atoms. The van der Waals surface area contributed by atoms with Crippen molar-refractivity contribution in [2.24, 2.45) is 11.3 Å². The first kappa shape index (κ1) is 19.4. The standard InChI is InChI=1S/C21H30N4O2/c1-5-25-17-11-7-6-10-16(17)23-20(25)24-12-8-9-15(14-24)19(27)22-13-18(26)21(2,3)4/h6-7,10-11,15H,5,8-9,12-14H2,1-4H3,(H,22,27). The fourth-order valence-corrected chi connectivity index (χ4v) is 3.57. The van der Waals surface area contributed by atoms with Crippen LogP contribution in [0.4, 0.5) is 5.95 Å². The molecule has 6 heteroatoms. The molecule has 1 unspecified atom stereocenters. The van der Waals surface area contributed by atoms with E-state index >= 15 is 0 Å². The molecule has 2 heterocycles. The Bertz CT molecular complexity index is 834. The van der Waals surface area contributed by atoms with E-state index in [1.807, 2.05) is 39.0 Å². The van der Waals surface area contributed by atoms with E-state index in [4.69, 9.17) is 4.98 Å². The van der Waals surface area contributed by atoms with E-state index < -0.39 is 5.41 Å². The molecule has 0 radical (unpaired) electrons. The molecule has 0 saturated carbocycles. The number of aromatic nitrogens is 2. The summed E-state index contributed by atoms with van der Waals surface area (Å²) in [6.07, 6.45) is 1.79. The van der Waals surface area contributed by atoms with Crippen LogP contribution in [0.25, 0.3) is 11.0 Å². The fraction of sp³-hybridized carbons (Fsp3) is 0.571. The van der Waals surface area contributed by atoms with Crippen LogP contribution in [-0.2, 0) is 16.1 Å². The summed E-state index contributed by atoms with van der Waals surface area (Å²) >= 11 is 0. The third kappa shape index (κ3) is 4.15. The summed E-state index contributed by atoms with van der Waals surface area (Å²) in [6, 6.07) is 8.13. The van der Waals surface area contributed by atoms with Crippen molar-refractivity contribution in [1.82, 2.24) is 14.9 Å². The van der Waals surface area contributed by atoms with E-state index in [1.54, 1.807) is 0 Å². The van der Waals surface area contributed by atoms with Gasteiger partial charge in [0.25, 0.3) is 0 Å². The summed E-state index contributed by atoms with van der Waals surface area (Å²) in [5.41, 5.74) is 1.67. The molecule has 1 saturated heterocycles. The van der Waals surface area contributed by atoms with Crippen molar-refractivity contribution in [2.75, 3.05) is 24.5 Å². The van der Waals surface area contributed by atoms with Crippen molar-refractivity contribution < 1.29 is 9.59 Å². The molecule has 3 rings (SSSR count). The van der Waals surface area contributed by atoms with Gasteiger partial charge >= 0.3 is 0 Å². The van der Waals surface area contributed by atoms with Crippen LogP contribution in [0.15, 0.2) is 24.3 Å². The molecule has 1 N–H and O–H groups in total. The van der Waals surface area contributed by atoms with E-state index in [2.05, 4.69) is 27.8 Å². The lowest BCUT2D eigenvalue weighted by Crippen LogP contribution is -2.46. The number of nitrogens with zero attached hydrogens (tertiary/aromatic N) is 3. The van der Waals surface area contributed by atoms with Crippen LogP contribution in [0.3, 0.4) is 0 Å². The van der Waals surface area contributed by atoms with E-state index in [1.165, 1.54) is 0 Å². The zero-order valence-corrected chi connectivity index (χ0v) is 16.8. The van der Waals surface area contributed by atoms with Crippen LogP contribution in [0, 0.1) is 11.3 Å². The molecular weight excluding hydrogens is 340 g/mol. The Morgan fingerprint density at radius 3 is 2.70 bits per heavy atom. The molecule has 1 fully saturated rings. The Labute approximate surface area is 160 Å². The number of ketones is 1. The van der Waals surface area contributed by atoms with Crippen molar-refractivity contribution in [2.45, 2.75) is 47.1 Å². The highest BCUT2D eigenvalue weighted by Gasteiger charge is 2.29. The molecule has 2 aromatic rings. The molecule has 0 spiro atoms. The van der Waals surface area contributed by atoms with Crippen molar-refractivity contribution in [3.63, 3.8) is 0 Å². The van der Waals surface area contributed by atoms with Gasteiger partial charge in [-0.05, 0) is 31.9 Å². The van der Waals surface area contributed by atoms with Gasteiger partial charge in [0, 0.05) is 25.0 Å². The second-order valence-corrected chi connectivity index (χ2v) is 8.32. The number of hydrogen-bond acceptors (Lipinski definition) is 4. The molecule has 1 aliphatic rings. The Kier molecular flexibility index (Phi) is 5.53. The Balaban J connectivity index is 1.71. The number of aryl methyl sites for hydroxylation is 1. The number of Topliss-reactive ketones (excluding diaryl/α,β-unsaturated/α-hetero) is 1. The average molecular weight is 370 g/mol. The number of nitrogens with one attached hydrogen (secondary N) is 1. The third-order valence-corrected chi connectivity index (χ3v) is 5.29. The van der Waals surface area contributed by atoms with Gasteiger partial charge < -0.3 is 14.8 Å². The molecule has 146 valence electrons. The van der Waals surface area contributed by atoms with Crippen LogP contribution < -0.4 is 10.2 Å². The van der Waals surface area contributed by atoms with E-state index in [0.29, 0.717) is 6.54 Å². The molecule has 1 amide bonds. The number of anilines is 1. The first-order valence-electron chi connectivity index (χ1n) is 9.82. The molecule has 1 aromatic heterocycles. The second-order valence-electron chi connectivity index (χ2n) is 8.32. The lowest BCUT2D eigenvalue weighted by Gasteiger charge is -2.33. The molecule has 1 atom stereocenters. The number of hydrogen-bond donors (Lipinski definition) is 1. The normalized spacial score (nSPS) is 17.9. The van der Waals surface area contributed by atoms with E-state index in [-0.39, 0.29) is 24.2 Å². The molecule has 27 heavy (non-hydrogen) atoms. The number of carbonyl (C=O) groups excluding carboxylic acids is 2. The van der Waals surface area contributed by atoms with Gasteiger partial charge in [-0.3, -0.25) is 9.59 Å². The first-order chi connectivity index (χ1) is 12.8. The summed E-state index contributed by atoms with van der Waals surface area (Å²) in [5, 5.41) is 2.84. The number of amides is 1. The largest absolute Gasteiger partial charge is 0.349 e. The molecule has 6 nitrogen and oxygen atoms in total. The highest BCUT2D eigenvalue weighted by atomic mass is 16.2. The quantitative estimate of drug-likeness (QED) is 0.879. The van der Waals surface area contributed by atoms with Gasteiger partial charge in [0.15, 0.2) is 5.78 Å². The maximum atomic E-state index is 12.6. The van der Waals surface area contributed by atoms with Crippen LogP contribution in [0.5, 0.6) is 0 Å². The predicted octanol–water partition coefficient (Wildman–Crippen LogP) is 3.00. The third-order valence-electron chi connectivity index (χ3n) is 5.29. The van der Waals surface area contributed by atoms with Gasteiger partial charge in [-0.1, -0.05) is 32.9 Å². The summed E-state index contributed by atoms with van der Waals surface area (Å²) in [5.74, 6) is 0.839. The zero-order chi connectivity index (χ0) is 19.6. The minimum Gasteiger partial charge on any atom is -0.349 e. The summed E-state index contributed by atoms with van der Waals surface area (Å²) in [6.45, 7) is 10.2. The minimum absolute atomic E-state index is 0.0311. The maximum Gasteiger partial charge on any atom is 0.225 e. The fourth-order valence-electron chi connectivity index (χ4n) is 3.57. The minimum atomic E-state index is -0.433. The van der Waals surface area contributed by atoms with Crippen molar-refractivity contribution in [3.8, 4) is 0 Å². The highest BCUT2D eigenvalue weighted by Crippen LogP contribution is 2.27. The predicted molar refractivity (Wildman–Crippen MR) is 108 cm³/mol. The van der Waals surface area contributed by atoms with Crippen molar-refractivity contribution in [1.29, 1.82) is 0 Å². The highest BCUT2D eigenvalue weighted by molar-refractivity contribution is 5.90. The summed E-state index contributed by atoms with van der Waals surface area (Å²) in [7, 11) is 0. The number of benzene rings is 1. The van der Waals surface area contributed by atoms with Gasteiger partial charge in [-0.2, -0.15) is 0 Å². The van der Waals surface area contributed by atoms with Crippen molar-refractivity contribution >= 4 is 28.7 Å². The van der Waals surface area contributed by atoms with Crippen LogP contribution in [-0.4, -0.2) is 40.9 Å².